The van der Waals surface area contributed by atoms with Gasteiger partial charge in [-0.05, 0) is 43.6 Å². The molecule has 170 valence electrons. The highest BCUT2D eigenvalue weighted by Crippen LogP contribution is 2.29. The van der Waals surface area contributed by atoms with Crippen molar-refractivity contribution < 1.29 is 9.59 Å². The molecule has 0 saturated carbocycles. The van der Waals surface area contributed by atoms with Crippen LogP contribution in [0.1, 0.15) is 50.6 Å². The number of carbonyl (C=O) groups excluding carboxylic acids is 2. The molecule has 0 spiro atoms. The Kier molecular flexibility index (Phi) is 10.1. The summed E-state index contributed by atoms with van der Waals surface area (Å²) in [7, 11) is 1.58. The monoisotopic (exact) mass is 451 g/mol. The number of aromatic nitrogens is 1. The second-order valence-electron chi connectivity index (χ2n) is 7.66. The highest BCUT2D eigenvalue weighted by Gasteiger charge is 2.16. The highest BCUT2D eigenvalue weighted by molar-refractivity contribution is 7.09. The summed E-state index contributed by atoms with van der Waals surface area (Å²) in [6.45, 7) is 8.55. The van der Waals surface area contributed by atoms with Gasteiger partial charge in [-0.2, -0.15) is 0 Å². The molecule has 0 aliphatic rings. The third-order valence-corrected chi connectivity index (χ3v) is 6.27. The lowest BCUT2D eigenvalue weighted by Gasteiger charge is -2.18. The standard InChI is InChI=1S/C26H33N3O2S/c1-6-18(2)23(20(4)21-10-8-7-9-11-21)17-22(16-19(3)25(30)27-5)26(31)29-13-12-24-28-14-15-32-24/h7-11,14-17,20H,6,12-13H2,1-5H3,(H,27,30)(H,29,31)/b19-16+,22-17+,23-18-. The molecule has 2 aromatic rings. The summed E-state index contributed by atoms with van der Waals surface area (Å²) in [5.41, 5.74) is 4.43. The van der Waals surface area contributed by atoms with E-state index in [1.165, 1.54) is 11.1 Å². The van der Waals surface area contributed by atoms with Crippen LogP contribution in [0.2, 0.25) is 0 Å². The molecule has 6 heteroatoms. The summed E-state index contributed by atoms with van der Waals surface area (Å²) in [4.78, 5) is 29.5. The number of rotatable bonds is 10. The highest BCUT2D eigenvalue weighted by atomic mass is 32.1. The molecule has 1 aromatic heterocycles. The minimum Gasteiger partial charge on any atom is -0.355 e. The Bertz CT molecular complexity index is 989. The van der Waals surface area contributed by atoms with Crippen molar-refractivity contribution in [1.29, 1.82) is 0 Å². The first-order chi connectivity index (χ1) is 15.4. The van der Waals surface area contributed by atoms with Gasteiger partial charge in [0, 0.05) is 48.7 Å². The molecule has 0 aliphatic carbocycles. The van der Waals surface area contributed by atoms with E-state index in [-0.39, 0.29) is 17.7 Å². The zero-order chi connectivity index (χ0) is 23.5. The first-order valence-corrected chi connectivity index (χ1v) is 11.8. The fourth-order valence-corrected chi connectivity index (χ4v) is 3.96. The summed E-state index contributed by atoms with van der Waals surface area (Å²) in [6, 6.07) is 10.2. The quantitative estimate of drug-likeness (QED) is 0.397. The summed E-state index contributed by atoms with van der Waals surface area (Å²) in [5.74, 6) is -0.296. The first-order valence-electron chi connectivity index (χ1n) is 10.9. The van der Waals surface area contributed by atoms with Gasteiger partial charge in [-0.15, -0.1) is 11.3 Å². The van der Waals surface area contributed by atoms with Crippen LogP contribution in [-0.4, -0.2) is 30.4 Å². The van der Waals surface area contributed by atoms with Crippen molar-refractivity contribution in [3.05, 3.63) is 86.9 Å². The molecule has 2 amide bonds. The van der Waals surface area contributed by atoms with Gasteiger partial charge in [-0.1, -0.05) is 49.8 Å². The van der Waals surface area contributed by atoms with Crippen molar-refractivity contribution in [2.75, 3.05) is 13.6 Å². The van der Waals surface area contributed by atoms with Crippen molar-refractivity contribution in [2.24, 2.45) is 0 Å². The molecular formula is C26H33N3O2S. The molecule has 0 radical (unpaired) electrons. The molecule has 1 atom stereocenters. The number of likely N-dealkylation sites (N-methyl/N-ethyl adjacent to an activating group) is 1. The molecule has 1 heterocycles. The van der Waals surface area contributed by atoms with Gasteiger partial charge in [0.1, 0.15) is 0 Å². The Hall–Kier alpha value is -2.99. The second kappa shape index (κ2) is 12.8. The zero-order valence-electron chi connectivity index (χ0n) is 19.6. The van der Waals surface area contributed by atoms with Gasteiger partial charge in [-0.25, -0.2) is 4.98 Å². The van der Waals surface area contributed by atoms with E-state index in [2.05, 4.69) is 48.5 Å². The van der Waals surface area contributed by atoms with Crippen LogP contribution >= 0.6 is 11.3 Å². The lowest BCUT2D eigenvalue weighted by molar-refractivity contribution is -0.117. The van der Waals surface area contributed by atoms with E-state index in [4.69, 9.17) is 0 Å². The van der Waals surface area contributed by atoms with Gasteiger partial charge >= 0.3 is 0 Å². The number of allylic oxidation sites excluding steroid dienone is 3. The van der Waals surface area contributed by atoms with Crippen molar-refractivity contribution >= 4 is 23.2 Å². The largest absolute Gasteiger partial charge is 0.355 e. The Labute approximate surface area is 195 Å². The van der Waals surface area contributed by atoms with Crippen LogP contribution in [0.5, 0.6) is 0 Å². The van der Waals surface area contributed by atoms with Crippen LogP contribution in [0.25, 0.3) is 0 Å². The Morgan fingerprint density at radius 1 is 1.12 bits per heavy atom. The van der Waals surface area contributed by atoms with Crippen molar-refractivity contribution in [3.63, 3.8) is 0 Å². The van der Waals surface area contributed by atoms with Crippen molar-refractivity contribution in [1.82, 2.24) is 15.6 Å². The summed E-state index contributed by atoms with van der Waals surface area (Å²) in [6.07, 6.45) is 6.91. The van der Waals surface area contributed by atoms with E-state index >= 15 is 0 Å². The maximum atomic E-state index is 13.1. The Morgan fingerprint density at radius 2 is 1.84 bits per heavy atom. The molecule has 5 nitrogen and oxygen atoms in total. The average molecular weight is 452 g/mol. The van der Waals surface area contributed by atoms with E-state index in [0.717, 1.165) is 17.0 Å². The molecule has 1 aromatic carbocycles. The predicted molar refractivity (Wildman–Crippen MR) is 133 cm³/mol. The number of hydrogen-bond donors (Lipinski definition) is 2. The number of nitrogens with one attached hydrogen (secondary N) is 2. The molecular weight excluding hydrogens is 418 g/mol. The predicted octanol–water partition coefficient (Wildman–Crippen LogP) is 4.95. The average Bonchev–Trinajstić information content (AvgIpc) is 3.34. The zero-order valence-corrected chi connectivity index (χ0v) is 20.4. The number of hydrogen-bond acceptors (Lipinski definition) is 4. The third kappa shape index (κ3) is 7.31. The minimum atomic E-state index is -0.208. The van der Waals surface area contributed by atoms with E-state index in [1.54, 1.807) is 37.6 Å². The number of thiazole rings is 1. The smallest absolute Gasteiger partial charge is 0.251 e. The van der Waals surface area contributed by atoms with Gasteiger partial charge in [0.25, 0.3) is 5.91 Å². The van der Waals surface area contributed by atoms with Gasteiger partial charge in [-0.3, -0.25) is 9.59 Å². The second-order valence-corrected chi connectivity index (χ2v) is 8.64. The minimum absolute atomic E-state index is 0.114. The van der Waals surface area contributed by atoms with E-state index in [0.29, 0.717) is 24.1 Å². The molecule has 32 heavy (non-hydrogen) atoms. The van der Waals surface area contributed by atoms with Crippen LogP contribution in [0.3, 0.4) is 0 Å². The molecule has 0 bridgehead atoms. The maximum Gasteiger partial charge on any atom is 0.251 e. The third-order valence-electron chi connectivity index (χ3n) is 5.43. The summed E-state index contributed by atoms with van der Waals surface area (Å²) < 4.78 is 0. The maximum absolute atomic E-state index is 13.1. The van der Waals surface area contributed by atoms with Crippen LogP contribution in [-0.2, 0) is 16.0 Å². The fraction of sp³-hybridized carbons (Fsp3) is 0.346. The van der Waals surface area contributed by atoms with Crippen molar-refractivity contribution in [3.8, 4) is 0 Å². The molecule has 1 unspecified atom stereocenters. The van der Waals surface area contributed by atoms with Crippen LogP contribution < -0.4 is 10.6 Å². The van der Waals surface area contributed by atoms with Crippen LogP contribution in [0, 0.1) is 0 Å². The summed E-state index contributed by atoms with van der Waals surface area (Å²) >= 11 is 1.57. The topological polar surface area (TPSA) is 71.1 Å². The lowest BCUT2D eigenvalue weighted by Crippen LogP contribution is -2.27. The van der Waals surface area contributed by atoms with Gasteiger partial charge in [0.2, 0.25) is 5.91 Å². The number of amides is 2. The molecule has 2 N–H and O–H groups in total. The Balaban J connectivity index is 2.39. The Morgan fingerprint density at radius 3 is 2.44 bits per heavy atom. The molecule has 0 fully saturated rings. The lowest BCUT2D eigenvalue weighted by atomic mass is 9.87. The molecule has 0 saturated heterocycles. The summed E-state index contributed by atoms with van der Waals surface area (Å²) in [5, 5.41) is 8.51. The van der Waals surface area contributed by atoms with E-state index < -0.39 is 0 Å². The van der Waals surface area contributed by atoms with Crippen LogP contribution in [0.15, 0.2) is 76.4 Å². The van der Waals surface area contributed by atoms with Gasteiger partial charge < -0.3 is 10.6 Å². The number of carbonyl (C=O) groups is 2. The van der Waals surface area contributed by atoms with E-state index in [1.807, 2.05) is 29.7 Å². The van der Waals surface area contributed by atoms with Crippen molar-refractivity contribution in [2.45, 2.75) is 46.5 Å². The van der Waals surface area contributed by atoms with Gasteiger partial charge in [0.15, 0.2) is 0 Å². The number of benzene rings is 1. The number of nitrogens with zero attached hydrogens (tertiary/aromatic N) is 1. The van der Waals surface area contributed by atoms with Gasteiger partial charge in [0.05, 0.1) is 5.01 Å². The fourth-order valence-electron chi connectivity index (χ4n) is 3.34. The van der Waals surface area contributed by atoms with E-state index in [9.17, 15) is 9.59 Å². The molecule has 2 rings (SSSR count). The SMILES string of the molecule is CC/C(C)=C(/C=C(\C=C(/C)C(=O)NC)C(=O)NCCc1nccs1)C(C)c1ccccc1. The first kappa shape index (κ1) is 25.3. The molecule has 0 aliphatic heterocycles. The normalized spacial score (nSPS) is 13.9. The van der Waals surface area contributed by atoms with Crippen LogP contribution in [0.4, 0.5) is 0 Å².